The fourth-order valence-corrected chi connectivity index (χ4v) is 0.686. The van der Waals surface area contributed by atoms with Crippen LogP contribution in [0.25, 0.3) is 0 Å². The van der Waals surface area contributed by atoms with Gasteiger partial charge in [0.15, 0.2) is 0 Å². The summed E-state index contributed by atoms with van der Waals surface area (Å²) in [5.74, 6) is -0.382. The maximum Gasteiger partial charge on any atom is 0.376 e. The van der Waals surface area contributed by atoms with Crippen LogP contribution < -0.4 is 5.32 Å². The molecule has 0 aliphatic heterocycles. The van der Waals surface area contributed by atoms with E-state index >= 15 is 0 Å². The van der Waals surface area contributed by atoms with E-state index in [2.05, 4.69) is 15.0 Å². The van der Waals surface area contributed by atoms with E-state index < -0.39 is 5.97 Å². The van der Waals surface area contributed by atoms with Crippen molar-refractivity contribution in [2.75, 3.05) is 19.0 Å². The molecule has 1 aromatic heterocycles. The molecule has 1 heterocycles. The van der Waals surface area contributed by atoms with E-state index in [-0.39, 0.29) is 5.76 Å². The summed E-state index contributed by atoms with van der Waals surface area (Å²) in [7, 11) is 1.65. The molecule has 1 aromatic rings. The molecular formula is C7H10N2O3. The molecule has 0 bridgehead atoms. The highest BCUT2D eigenvalue weighted by Crippen LogP contribution is 2.08. The third-order valence-corrected chi connectivity index (χ3v) is 1.20. The fraction of sp³-hybridized carbons (Fsp3) is 0.429. The molecule has 0 aliphatic rings. The minimum Gasteiger partial charge on any atom is -0.460 e. The molecule has 0 saturated carbocycles. The van der Waals surface area contributed by atoms with Crippen LogP contribution in [0.5, 0.6) is 0 Å². The van der Waals surface area contributed by atoms with E-state index in [1.807, 2.05) is 0 Å². The lowest BCUT2D eigenvalue weighted by Gasteiger charge is -1.95. The number of carbonyl (C=O) groups excluding carboxylic acids is 1. The van der Waals surface area contributed by atoms with Gasteiger partial charge in [0, 0.05) is 7.05 Å². The quantitative estimate of drug-likeness (QED) is 0.682. The Bertz CT molecular complexity index is 269. The number of rotatable bonds is 3. The van der Waals surface area contributed by atoms with Crippen LogP contribution in [0.1, 0.15) is 17.5 Å². The van der Waals surface area contributed by atoms with Crippen molar-refractivity contribution in [1.82, 2.24) is 4.98 Å². The van der Waals surface area contributed by atoms with E-state index in [9.17, 15) is 4.79 Å². The predicted molar refractivity (Wildman–Crippen MR) is 42.0 cm³/mol. The van der Waals surface area contributed by atoms with E-state index in [1.54, 1.807) is 14.0 Å². The van der Waals surface area contributed by atoms with Gasteiger partial charge in [-0.15, -0.1) is 0 Å². The highest BCUT2D eigenvalue weighted by atomic mass is 16.5. The van der Waals surface area contributed by atoms with Crippen LogP contribution in [-0.4, -0.2) is 24.6 Å². The smallest absolute Gasteiger partial charge is 0.376 e. The molecule has 66 valence electrons. The van der Waals surface area contributed by atoms with Crippen molar-refractivity contribution in [3.8, 4) is 0 Å². The van der Waals surface area contributed by atoms with Gasteiger partial charge in [0.25, 0.3) is 6.01 Å². The molecule has 0 fully saturated rings. The summed E-state index contributed by atoms with van der Waals surface area (Å²) in [5, 5.41) is 2.66. The minimum absolute atomic E-state index is 0.112. The number of nitrogens with zero attached hydrogens (tertiary/aromatic N) is 1. The van der Waals surface area contributed by atoms with E-state index in [4.69, 9.17) is 4.42 Å². The van der Waals surface area contributed by atoms with Crippen LogP contribution in [0.2, 0.25) is 0 Å². The lowest BCUT2D eigenvalue weighted by Crippen LogP contribution is -2.02. The van der Waals surface area contributed by atoms with Crippen molar-refractivity contribution in [2.24, 2.45) is 0 Å². The number of nitrogens with one attached hydrogen (secondary N) is 1. The third-order valence-electron chi connectivity index (χ3n) is 1.20. The number of ether oxygens (including phenoxy) is 1. The summed E-state index contributed by atoms with van der Waals surface area (Å²) in [6.07, 6.45) is 1.32. The van der Waals surface area contributed by atoms with Crippen LogP contribution in [0.3, 0.4) is 0 Å². The average molecular weight is 170 g/mol. The largest absolute Gasteiger partial charge is 0.460 e. The molecule has 12 heavy (non-hydrogen) atoms. The second kappa shape index (κ2) is 3.75. The number of carbonyl (C=O) groups is 1. The topological polar surface area (TPSA) is 64.4 Å². The normalized spacial score (nSPS) is 9.50. The molecule has 0 radical (unpaired) electrons. The molecule has 0 spiro atoms. The zero-order chi connectivity index (χ0) is 8.97. The van der Waals surface area contributed by atoms with Crippen LogP contribution in [0.15, 0.2) is 10.6 Å². The summed E-state index contributed by atoms with van der Waals surface area (Å²) >= 11 is 0. The second-order valence-corrected chi connectivity index (χ2v) is 2.00. The molecule has 0 aromatic carbocycles. The van der Waals surface area contributed by atoms with E-state index in [1.165, 1.54) is 6.20 Å². The first-order valence-electron chi connectivity index (χ1n) is 3.58. The molecule has 5 heteroatoms. The Kier molecular flexibility index (Phi) is 2.68. The Balaban J connectivity index is 2.68. The highest BCUT2D eigenvalue weighted by Gasteiger charge is 2.11. The van der Waals surface area contributed by atoms with Gasteiger partial charge in [-0.3, -0.25) is 0 Å². The first-order chi connectivity index (χ1) is 5.77. The lowest BCUT2D eigenvalue weighted by atomic mass is 10.5. The van der Waals surface area contributed by atoms with Crippen LogP contribution >= 0.6 is 0 Å². The maximum atomic E-state index is 11.0. The predicted octanol–water partition coefficient (Wildman–Crippen LogP) is 0.893. The third kappa shape index (κ3) is 1.75. The Hall–Kier alpha value is -1.52. The van der Waals surface area contributed by atoms with Gasteiger partial charge >= 0.3 is 5.97 Å². The number of hydrogen-bond donors (Lipinski definition) is 1. The van der Waals surface area contributed by atoms with Crippen molar-refractivity contribution < 1.29 is 13.9 Å². The molecule has 0 amide bonds. The van der Waals surface area contributed by atoms with Crippen molar-refractivity contribution >= 4 is 12.0 Å². The van der Waals surface area contributed by atoms with Crippen molar-refractivity contribution in [2.45, 2.75) is 6.92 Å². The molecule has 1 N–H and O–H groups in total. The van der Waals surface area contributed by atoms with Crippen molar-refractivity contribution in [1.29, 1.82) is 0 Å². The van der Waals surface area contributed by atoms with Gasteiger partial charge in [-0.2, -0.15) is 0 Å². The summed E-state index contributed by atoms with van der Waals surface area (Å²) in [6, 6.07) is 0.304. The number of aromatic nitrogens is 1. The van der Waals surface area contributed by atoms with Gasteiger partial charge in [0.05, 0.1) is 12.8 Å². The Morgan fingerprint density at radius 3 is 3.08 bits per heavy atom. The highest BCUT2D eigenvalue weighted by molar-refractivity contribution is 5.86. The molecule has 5 nitrogen and oxygen atoms in total. The fourth-order valence-electron chi connectivity index (χ4n) is 0.686. The van der Waals surface area contributed by atoms with Crippen LogP contribution in [0.4, 0.5) is 6.01 Å². The molecular weight excluding hydrogens is 160 g/mol. The van der Waals surface area contributed by atoms with Crippen molar-refractivity contribution in [3.05, 3.63) is 12.0 Å². The first-order valence-corrected chi connectivity index (χ1v) is 3.58. The Morgan fingerprint density at radius 2 is 2.58 bits per heavy atom. The lowest BCUT2D eigenvalue weighted by molar-refractivity contribution is 0.0491. The minimum atomic E-state index is -0.494. The number of hydrogen-bond acceptors (Lipinski definition) is 5. The van der Waals surface area contributed by atoms with Crippen molar-refractivity contribution in [3.63, 3.8) is 0 Å². The van der Waals surface area contributed by atoms with Gasteiger partial charge in [-0.05, 0) is 6.92 Å². The summed E-state index contributed by atoms with van der Waals surface area (Å²) in [4.78, 5) is 14.7. The molecule has 0 aliphatic carbocycles. The van der Waals surface area contributed by atoms with Gasteiger partial charge < -0.3 is 14.5 Å². The van der Waals surface area contributed by atoms with E-state index in [0.29, 0.717) is 12.6 Å². The second-order valence-electron chi connectivity index (χ2n) is 2.00. The Labute approximate surface area is 69.7 Å². The number of esters is 1. The maximum absolute atomic E-state index is 11.0. The van der Waals surface area contributed by atoms with Gasteiger partial charge in [-0.25, -0.2) is 9.78 Å². The summed E-state index contributed by atoms with van der Waals surface area (Å²) in [6.45, 7) is 2.06. The zero-order valence-electron chi connectivity index (χ0n) is 6.96. The molecule has 0 atom stereocenters. The summed E-state index contributed by atoms with van der Waals surface area (Å²) in [5.41, 5.74) is 0. The summed E-state index contributed by atoms with van der Waals surface area (Å²) < 4.78 is 9.64. The average Bonchev–Trinajstić information content (AvgIpc) is 2.52. The van der Waals surface area contributed by atoms with Crippen LogP contribution in [0, 0.1) is 0 Å². The SMILES string of the molecule is CCOC(=O)c1cnc(NC)o1. The molecule has 1 rings (SSSR count). The van der Waals surface area contributed by atoms with Gasteiger partial charge in [0.2, 0.25) is 5.76 Å². The number of anilines is 1. The monoisotopic (exact) mass is 170 g/mol. The standard InChI is InChI=1S/C7H10N2O3/c1-3-11-6(10)5-4-9-7(8-2)12-5/h4H,3H2,1-2H3,(H,8,9). The Morgan fingerprint density at radius 1 is 1.83 bits per heavy atom. The number of oxazole rings is 1. The van der Waals surface area contributed by atoms with E-state index in [0.717, 1.165) is 0 Å². The zero-order valence-corrected chi connectivity index (χ0v) is 6.96. The molecule has 0 unspecified atom stereocenters. The van der Waals surface area contributed by atoms with Crippen LogP contribution in [-0.2, 0) is 4.74 Å². The van der Waals surface area contributed by atoms with Gasteiger partial charge in [-0.1, -0.05) is 0 Å². The first kappa shape index (κ1) is 8.58. The molecule has 0 saturated heterocycles. The van der Waals surface area contributed by atoms with Gasteiger partial charge in [0.1, 0.15) is 0 Å².